The summed E-state index contributed by atoms with van der Waals surface area (Å²) >= 11 is 0. The van der Waals surface area contributed by atoms with Gasteiger partial charge in [0, 0.05) is 25.5 Å². The molecule has 2 rings (SSSR count). The van der Waals surface area contributed by atoms with Crippen molar-refractivity contribution in [2.45, 2.75) is 31.4 Å². The van der Waals surface area contributed by atoms with Crippen LogP contribution in [-0.2, 0) is 24.2 Å². The van der Waals surface area contributed by atoms with Crippen LogP contribution in [-0.4, -0.2) is 57.3 Å². The molecule has 1 aliphatic rings. The van der Waals surface area contributed by atoms with E-state index in [-0.39, 0.29) is 6.42 Å². The van der Waals surface area contributed by atoms with Gasteiger partial charge in [0.25, 0.3) is 0 Å². The smallest absolute Gasteiger partial charge is 0.346 e. The number of nitrogens with zero attached hydrogens (tertiary/aromatic N) is 1. The average molecular weight is 406 g/mol. The molecule has 0 aliphatic carbocycles. The molecule has 0 N–H and O–H groups in total. The van der Waals surface area contributed by atoms with Gasteiger partial charge in [-0.25, -0.2) is 13.2 Å². The van der Waals surface area contributed by atoms with Crippen molar-refractivity contribution in [1.82, 2.24) is 5.06 Å². The minimum absolute atomic E-state index is 0.166. The predicted molar refractivity (Wildman–Crippen MR) is 109 cm³/mol. The Morgan fingerprint density at radius 1 is 1.29 bits per heavy atom. The van der Waals surface area contributed by atoms with Gasteiger partial charge in [-0.05, 0) is 43.0 Å². The highest BCUT2D eigenvalue weighted by Crippen LogP contribution is 2.26. The van der Waals surface area contributed by atoms with E-state index in [1.165, 1.54) is 12.0 Å². The largest absolute Gasteiger partial charge is 0.372 e. The number of ether oxygens (including phenoxy) is 1. The maximum absolute atomic E-state index is 12.4. The highest BCUT2D eigenvalue weighted by molar-refractivity contribution is 7.92. The summed E-state index contributed by atoms with van der Waals surface area (Å²) in [5.41, 5.74) is 3.18. The lowest BCUT2D eigenvalue weighted by molar-refractivity contribution is -0.191. The molecule has 1 aromatic carbocycles. The van der Waals surface area contributed by atoms with Crippen LogP contribution in [0.15, 0.2) is 30.3 Å². The molecule has 0 saturated heterocycles. The molecular formula is C21H27NO5S. The molecule has 1 aliphatic heterocycles. The number of hydroxylamine groups is 2. The quantitative estimate of drug-likeness (QED) is 0.677. The summed E-state index contributed by atoms with van der Waals surface area (Å²) in [6.07, 6.45) is 3.92. The zero-order valence-electron chi connectivity index (χ0n) is 16.8. The van der Waals surface area contributed by atoms with Crippen molar-refractivity contribution in [2.75, 3.05) is 33.1 Å². The molecule has 7 heteroatoms. The summed E-state index contributed by atoms with van der Waals surface area (Å²) in [5.74, 6) is 5.22. The second kappa shape index (κ2) is 9.37. The Hall–Kier alpha value is -2.14. The number of carbonyl (C=O) groups excluding carboxylic acids is 1. The minimum atomic E-state index is -3.57. The highest BCUT2D eigenvalue weighted by atomic mass is 32.2. The summed E-state index contributed by atoms with van der Waals surface area (Å²) in [4.78, 5) is 17.8. The van der Waals surface area contributed by atoms with Crippen LogP contribution in [0.2, 0.25) is 0 Å². The highest BCUT2D eigenvalue weighted by Gasteiger charge is 2.44. The van der Waals surface area contributed by atoms with E-state index in [2.05, 4.69) is 11.8 Å². The van der Waals surface area contributed by atoms with Crippen LogP contribution < -0.4 is 0 Å². The van der Waals surface area contributed by atoms with Crippen molar-refractivity contribution >= 4 is 21.4 Å². The van der Waals surface area contributed by atoms with E-state index >= 15 is 0 Å². The van der Waals surface area contributed by atoms with Gasteiger partial charge < -0.3 is 9.57 Å². The normalized spacial score (nSPS) is 17.1. The van der Waals surface area contributed by atoms with Crippen molar-refractivity contribution in [3.63, 3.8) is 0 Å². The molecule has 0 radical (unpaired) electrons. The van der Waals surface area contributed by atoms with E-state index in [4.69, 9.17) is 9.57 Å². The summed E-state index contributed by atoms with van der Waals surface area (Å²) in [7, 11) is -1.96. The maximum Gasteiger partial charge on any atom is 0.346 e. The first-order valence-corrected chi connectivity index (χ1v) is 11.0. The fraction of sp³-hybridized carbons (Fsp3) is 0.476. The van der Waals surface area contributed by atoms with E-state index in [1.54, 1.807) is 14.0 Å². The van der Waals surface area contributed by atoms with Crippen LogP contribution >= 0.6 is 0 Å². The number of hydrogen-bond donors (Lipinski definition) is 0. The zero-order chi connectivity index (χ0) is 20.8. The van der Waals surface area contributed by atoms with E-state index in [0.717, 1.165) is 23.0 Å². The lowest BCUT2D eigenvalue weighted by Crippen LogP contribution is -2.47. The van der Waals surface area contributed by atoms with Gasteiger partial charge in [-0.15, -0.1) is 5.06 Å². The van der Waals surface area contributed by atoms with Crippen LogP contribution in [0.25, 0.3) is 5.57 Å². The van der Waals surface area contributed by atoms with Crippen LogP contribution in [0.4, 0.5) is 0 Å². The monoisotopic (exact) mass is 405 g/mol. The van der Waals surface area contributed by atoms with E-state index in [0.29, 0.717) is 26.1 Å². The molecule has 0 amide bonds. The van der Waals surface area contributed by atoms with Crippen molar-refractivity contribution < 1.29 is 22.8 Å². The first-order chi connectivity index (χ1) is 13.2. The summed E-state index contributed by atoms with van der Waals surface area (Å²) in [5, 5.41) is 1.51. The van der Waals surface area contributed by atoms with Crippen molar-refractivity contribution in [3.8, 4) is 11.8 Å². The topological polar surface area (TPSA) is 72.9 Å². The van der Waals surface area contributed by atoms with Gasteiger partial charge in [-0.3, -0.25) is 0 Å². The first kappa shape index (κ1) is 22.2. The van der Waals surface area contributed by atoms with Crippen LogP contribution in [0, 0.1) is 11.8 Å². The van der Waals surface area contributed by atoms with Gasteiger partial charge in [0.1, 0.15) is 6.61 Å². The molecule has 1 unspecified atom stereocenters. The summed E-state index contributed by atoms with van der Waals surface area (Å²) in [6, 6.07) is 7.96. The molecule has 0 fully saturated rings. The minimum Gasteiger partial charge on any atom is -0.372 e. The van der Waals surface area contributed by atoms with Crippen molar-refractivity contribution in [1.29, 1.82) is 0 Å². The second-order valence-corrected chi connectivity index (χ2v) is 9.36. The van der Waals surface area contributed by atoms with E-state index in [9.17, 15) is 13.2 Å². The van der Waals surface area contributed by atoms with Crippen molar-refractivity contribution in [3.05, 3.63) is 41.5 Å². The zero-order valence-corrected chi connectivity index (χ0v) is 17.6. The van der Waals surface area contributed by atoms with Gasteiger partial charge in [-0.2, -0.15) is 0 Å². The third kappa shape index (κ3) is 5.22. The molecule has 1 atom stereocenters. The van der Waals surface area contributed by atoms with E-state index in [1.807, 2.05) is 30.3 Å². The fourth-order valence-electron chi connectivity index (χ4n) is 2.75. The summed E-state index contributed by atoms with van der Waals surface area (Å²) in [6.45, 7) is 4.40. The molecule has 0 aromatic heterocycles. The molecule has 28 heavy (non-hydrogen) atoms. The Morgan fingerprint density at radius 3 is 2.46 bits per heavy atom. The maximum atomic E-state index is 12.4. The Morgan fingerprint density at radius 2 is 1.96 bits per heavy atom. The first-order valence-electron chi connectivity index (χ1n) is 9.15. The van der Waals surface area contributed by atoms with Gasteiger partial charge >= 0.3 is 5.97 Å². The van der Waals surface area contributed by atoms with Gasteiger partial charge in [0.2, 0.25) is 0 Å². The number of carbonyl (C=O) groups is 1. The number of benzene rings is 1. The number of methoxy groups -OCH3 is 1. The fourth-order valence-corrected chi connectivity index (χ4v) is 3.61. The third-order valence-corrected chi connectivity index (χ3v) is 7.11. The van der Waals surface area contributed by atoms with Gasteiger partial charge in [-0.1, -0.05) is 37.0 Å². The summed E-state index contributed by atoms with van der Waals surface area (Å²) < 4.78 is 27.3. The average Bonchev–Trinajstić information content (AvgIpc) is 2.67. The Bertz CT molecular complexity index is 893. The number of rotatable bonds is 6. The van der Waals surface area contributed by atoms with Crippen LogP contribution in [0.5, 0.6) is 0 Å². The molecule has 6 nitrogen and oxygen atoms in total. The molecule has 152 valence electrons. The van der Waals surface area contributed by atoms with Crippen molar-refractivity contribution in [2.24, 2.45) is 0 Å². The predicted octanol–water partition coefficient (Wildman–Crippen LogP) is 2.45. The van der Waals surface area contributed by atoms with E-state index < -0.39 is 20.6 Å². The molecule has 0 saturated carbocycles. The lowest BCUT2D eigenvalue weighted by Gasteiger charge is -2.30. The standard InChI is InChI=1S/C21H27NO5S/c1-5-21(2,28(4,24)25)20(23)27-22-14-12-19(13-15-22)18-10-8-17(9-11-18)7-6-16-26-3/h8-12H,5,13-16H2,1-4H3. The Balaban J connectivity index is 2.01. The third-order valence-electron chi connectivity index (χ3n) is 5.01. The van der Waals surface area contributed by atoms with Crippen LogP contribution in [0.3, 0.4) is 0 Å². The number of hydrogen-bond acceptors (Lipinski definition) is 6. The Labute approximate surface area is 167 Å². The molecule has 1 heterocycles. The second-order valence-electron chi connectivity index (χ2n) is 6.91. The SMILES string of the molecule is CCC(C)(C(=O)ON1CC=C(c2ccc(C#CCOC)cc2)CC1)S(C)(=O)=O. The van der Waals surface area contributed by atoms with Gasteiger partial charge in [0.15, 0.2) is 14.6 Å². The van der Waals surface area contributed by atoms with Gasteiger partial charge in [0.05, 0.1) is 6.54 Å². The lowest BCUT2D eigenvalue weighted by atomic mass is 9.99. The molecular weight excluding hydrogens is 378 g/mol. The molecule has 0 spiro atoms. The van der Waals surface area contributed by atoms with Crippen LogP contribution in [0.1, 0.15) is 37.8 Å². The Kier molecular flexibility index (Phi) is 7.41. The molecule has 0 bridgehead atoms. The number of sulfone groups is 1. The molecule has 1 aromatic rings.